The Morgan fingerprint density at radius 3 is 3.00 bits per heavy atom. The topological polar surface area (TPSA) is 18.5 Å². The number of allylic oxidation sites excluding steroid dienone is 2. The highest BCUT2D eigenvalue weighted by Gasteiger charge is 2.36. The predicted molar refractivity (Wildman–Crippen MR) is 46.8 cm³/mol. The number of hydrogen-bond acceptors (Lipinski definition) is 2. The first-order valence-corrected chi connectivity index (χ1v) is 4.37. The fraction of sp³-hybridized carbons (Fsp3) is 0.600. The predicted octanol–water partition coefficient (Wildman–Crippen LogP) is 2.03. The molecule has 0 radical (unpaired) electrons. The second kappa shape index (κ2) is 2.63. The van der Waals surface area contributed by atoms with Crippen molar-refractivity contribution >= 4 is 0 Å². The van der Waals surface area contributed by atoms with Gasteiger partial charge in [-0.1, -0.05) is 12.2 Å². The van der Waals surface area contributed by atoms with Crippen LogP contribution in [0.1, 0.15) is 20.3 Å². The minimum absolute atomic E-state index is 0.183. The molecule has 0 aromatic carbocycles. The average Bonchev–Trinajstić information content (AvgIpc) is 2.04. The van der Waals surface area contributed by atoms with E-state index in [1.807, 2.05) is 0 Å². The highest BCUT2D eigenvalue weighted by atomic mass is 16.6. The molecule has 1 unspecified atom stereocenters. The molecule has 66 valence electrons. The summed E-state index contributed by atoms with van der Waals surface area (Å²) >= 11 is 0. The normalized spacial score (nSPS) is 34.5. The molecule has 2 aliphatic rings. The Morgan fingerprint density at radius 1 is 1.42 bits per heavy atom. The second-order valence-corrected chi connectivity index (χ2v) is 3.55. The van der Waals surface area contributed by atoms with E-state index < -0.39 is 0 Å². The third-order valence-corrected chi connectivity index (χ3v) is 2.46. The lowest BCUT2D eigenvalue weighted by Crippen LogP contribution is -2.39. The molecule has 0 aromatic rings. The molecule has 2 rings (SSSR count). The summed E-state index contributed by atoms with van der Waals surface area (Å²) in [6, 6.07) is 0. The van der Waals surface area contributed by atoms with Gasteiger partial charge in [0.25, 0.3) is 0 Å². The van der Waals surface area contributed by atoms with E-state index in [4.69, 9.17) is 9.47 Å². The lowest BCUT2D eigenvalue weighted by Gasteiger charge is -2.38. The maximum absolute atomic E-state index is 5.71. The van der Waals surface area contributed by atoms with Crippen LogP contribution in [0.3, 0.4) is 0 Å². The van der Waals surface area contributed by atoms with Crippen LogP contribution >= 0.6 is 0 Å². The van der Waals surface area contributed by atoms with Crippen molar-refractivity contribution in [3.63, 3.8) is 0 Å². The molecular weight excluding hydrogens is 152 g/mol. The molecule has 1 fully saturated rings. The maximum Gasteiger partial charge on any atom is 0.131 e. The quantitative estimate of drug-likeness (QED) is 0.548. The number of fused-ring (bicyclic) bond motifs is 1. The van der Waals surface area contributed by atoms with Crippen LogP contribution in [0, 0.1) is 0 Å². The first-order chi connectivity index (χ1) is 5.72. The molecule has 1 atom stereocenters. The van der Waals surface area contributed by atoms with Gasteiger partial charge >= 0.3 is 0 Å². The molecule has 0 N–H and O–H groups in total. The number of rotatable bonds is 0. The maximum atomic E-state index is 5.71. The van der Waals surface area contributed by atoms with E-state index in [9.17, 15) is 0 Å². The molecule has 0 bridgehead atoms. The van der Waals surface area contributed by atoms with Crippen LogP contribution in [0.15, 0.2) is 23.5 Å². The summed E-state index contributed by atoms with van der Waals surface area (Å²) in [5.41, 5.74) is 1.01. The number of hydrogen-bond donors (Lipinski definition) is 0. The highest BCUT2D eigenvalue weighted by molar-refractivity contribution is 5.31. The van der Waals surface area contributed by atoms with Crippen LogP contribution in [-0.2, 0) is 9.47 Å². The van der Waals surface area contributed by atoms with Crippen molar-refractivity contribution in [1.29, 1.82) is 0 Å². The molecule has 12 heavy (non-hydrogen) atoms. The van der Waals surface area contributed by atoms with Crippen molar-refractivity contribution in [2.45, 2.75) is 25.9 Å². The van der Waals surface area contributed by atoms with Crippen LogP contribution in [0.25, 0.3) is 0 Å². The van der Waals surface area contributed by atoms with Gasteiger partial charge in [-0.15, -0.1) is 0 Å². The smallest absolute Gasteiger partial charge is 0.131 e. The van der Waals surface area contributed by atoms with E-state index in [0.29, 0.717) is 13.2 Å². The Kier molecular flexibility index (Phi) is 1.72. The fourth-order valence-electron chi connectivity index (χ4n) is 1.85. The molecule has 0 saturated carbocycles. The Bertz CT molecular complexity index is 253. The van der Waals surface area contributed by atoms with Crippen LogP contribution < -0.4 is 0 Å². The molecule has 1 aliphatic heterocycles. The minimum atomic E-state index is -0.183. The van der Waals surface area contributed by atoms with Gasteiger partial charge in [-0.2, -0.15) is 0 Å². The zero-order valence-electron chi connectivity index (χ0n) is 7.59. The summed E-state index contributed by atoms with van der Waals surface area (Å²) in [4.78, 5) is 0. The molecule has 1 saturated heterocycles. The third kappa shape index (κ3) is 1.07. The van der Waals surface area contributed by atoms with E-state index in [2.05, 4.69) is 26.0 Å². The van der Waals surface area contributed by atoms with Crippen molar-refractivity contribution in [2.24, 2.45) is 0 Å². The zero-order valence-corrected chi connectivity index (χ0v) is 7.59. The zero-order chi connectivity index (χ0) is 8.60. The molecule has 2 heteroatoms. The van der Waals surface area contributed by atoms with Gasteiger partial charge in [0.1, 0.15) is 18.0 Å². The van der Waals surface area contributed by atoms with E-state index in [-0.39, 0.29) is 5.60 Å². The Labute approximate surface area is 72.9 Å². The average molecular weight is 166 g/mol. The SMILES string of the molecule is CC1=C2OCCOC2(C)CC=C1. The van der Waals surface area contributed by atoms with Gasteiger partial charge in [0.15, 0.2) is 0 Å². The van der Waals surface area contributed by atoms with Gasteiger partial charge in [0.2, 0.25) is 0 Å². The van der Waals surface area contributed by atoms with Gasteiger partial charge in [-0.3, -0.25) is 0 Å². The Morgan fingerprint density at radius 2 is 2.25 bits per heavy atom. The summed E-state index contributed by atoms with van der Waals surface area (Å²) in [6.45, 7) is 5.56. The Hall–Kier alpha value is -0.760. The minimum Gasteiger partial charge on any atom is -0.492 e. The second-order valence-electron chi connectivity index (χ2n) is 3.55. The van der Waals surface area contributed by atoms with Gasteiger partial charge in [-0.05, 0) is 19.4 Å². The molecule has 0 aromatic heterocycles. The van der Waals surface area contributed by atoms with E-state index in [1.54, 1.807) is 0 Å². The van der Waals surface area contributed by atoms with Crippen LogP contribution in [0.5, 0.6) is 0 Å². The van der Waals surface area contributed by atoms with Gasteiger partial charge < -0.3 is 9.47 Å². The van der Waals surface area contributed by atoms with Gasteiger partial charge in [0.05, 0.1) is 6.61 Å². The van der Waals surface area contributed by atoms with Crippen molar-refractivity contribution in [2.75, 3.05) is 13.2 Å². The van der Waals surface area contributed by atoms with Crippen molar-refractivity contribution in [3.8, 4) is 0 Å². The standard InChI is InChI=1S/C10H14O2/c1-8-4-3-5-10(2)9(8)11-6-7-12-10/h3-4H,5-7H2,1-2H3. The molecule has 2 nitrogen and oxygen atoms in total. The monoisotopic (exact) mass is 166 g/mol. The highest BCUT2D eigenvalue weighted by Crippen LogP contribution is 2.35. The molecule has 1 heterocycles. The van der Waals surface area contributed by atoms with E-state index >= 15 is 0 Å². The lowest BCUT2D eigenvalue weighted by atomic mass is 9.90. The largest absolute Gasteiger partial charge is 0.492 e. The van der Waals surface area contributed by atoms with Gasteiger partial charge in [-0.25, -0.2) is 0 Å². The van der Waals surface area contributed by atoms with Gasteiger partial charge in [0, 0.05) is 6.42 Å². The summed E-state index contributed by atoms with van der Waals surface area (Å²) in [6.07, 6.45) is 5.18. The summed E-state index contributed by atoms with van der Waals surface area (Å²) < 4.78 is 11.3. The summed E-state index contributed by atoms with van der Waals surface area (Å²) in [5, 5.41) is 0. The Balaban J connectivity index is 2.36. The molecule has 0 amide bonds. The van der Waals surface area contributed by atoms with Crippen LogP contribution in [0.4, 0.5) is 0 Å². The van der Waals surface area contributed by atoms with E-state index in [0.717, 1.165) is 12.2 Å². The molecule has 0 spiro atoms. The summed E-state index contributed by atoms with van der Waals surface area (Å²) in [5.74, 6) is 1.02. The van der Waals surface area contributed by atoms with Crippen LogP contribution in [0.2, 0.25) is 0 Å². The fourth-order valence-corrected chi connectivity index (χ4v) is 1.85. The van der Waals surface area contributed by atoms with E-state index in [1.165, 1.54) is 5.57 Å². The molecular formula is C10H14O2. The van der Waals surface area contributed by atoms with Crippen molar-refractivity contribution in [1.82, 2.24) is 0 Å². The van der Waals surface area contributed by atoms with Crippen LogP contribution in [-0.4, -0.2) is 18.8 Å². The first kappa shape index (κ1) is 7.87. The van der Waals surface area contributed by atoms with Crippen molar-refractivity contribution < 1.29 is 9.47 Å². The third-order valence-electron chi connectivity index (χ3n) is 2.46. The summed E-state index contributed by atoms with van der Waals surface area (Å²) in [7, 11) is 0. The first-order valence-electron chi connectivity index (χ1n) is 4.37. The number of ether oxygens (including phenoxy) is 2. The molecule has 1 aliphatic carbocycles. The lowest BCUT2D eigenvalue weighted by molar-refractivity contribution is -0.103. The van der Waals surface area contributed by atoms with Crippen molar-refractivity contribution in [3.05, 3.63) is 23.5 Å².